The summed E-state index contributed by atoms with van der Waals surface area (Å²) in [5.74, 6) is -0.990. The second kappa shape index (κ2) is 7.23. The van der Waals surface area contributed by atoms with Gasteiger partial charge < -0.3 is 15.8 Å². The zero-order chi connectivity index (χ0) is 17.7. The molecule has 2 aromatic rings. The molecule has 0 heterocycles. The van der Waals surface area contributed by atoms with E-state index in [0.29, 0.717) is 11.3 Å². The van der Waals surface area contributed by atoms with Gasteiger partial charge >= 0.3 is 0 Å². The van der Waals surface area contributed by atoms with Crippen LogP contribution in [0.4, 0.5) is 11.4 Å². The Hall–Kier alpha value is -3.42. The van der Waals surface area contributed by atoms with Crippen LogP contribution in [0.15, 0.2) is 42.5 Å². The van der Waals surface area contributed by atoms with Crippen molar-refractivity contribution in [1.82, 2.24) is 0 Å². The molecular weight excluding hydrogens is 314 g/mol. The van der Waals surface area contributed by atoms with Gasteiger partial charge in [-0.05, 0) is 25.1 Å². The lowest BCUT2D eigenvalue weighted by Gasteiger charge is -2.12. The van der Waals surface area contributed by atoms with E-state index in [1.807, 2.05) is 0 Å². The van der Waals surface area contributed by atoms with Crippen LogP contribution in [-0.2, 0) is 4.79 Å². The zero-order valence-corrected chi connectivity index (χ0v) is 12.8. The maximum absolute atomic E-state index is 12.4. The number of rotatable bonds is 6. The minimum atomic E-state index is -0.667. The Kier molecular flexibility index (Phi) is 5.10. The number of nitrogens with two attached hydrogens (primary N) is 1. The Morgan fingerprint density at radius 2 is 1.92 bits per heavy atom. The van der Waals surface area contributed by atoms with Gasteiger partial charge in [0.25, 0.3) is 17.5 Å². The van der Waals surface area contributed by atoms with Gasteiger partial charge in [-0.1, -0.05) is 18.2 Å². The first-order chi connectivity index (χ1) is 11.4. The Labute approximate surface area is 137 Å². The van der Waals surface area contributed by atoms with Crippen molar-refractivity contribution >= 4 is 23.2 Å². The average Bonchev–Trinajstić information content (AvgIpc) is 2.54. The molecule has 3 N–H and O–H groups in total. The van der Waals surface area contributed by atoms with Crippen LogP contribution in [0.25, 0.3) is 0 Å². The third kappa shape index (κ3) is 3.86. The summed E-state index contributed by atoms with van der Waals surface area (Å²) in [5.41, 5.74) is 5.78. The van der Waals surface area contributed by atoms with Gasteiger partial charge in [0.2, 0.25) is 0 Å². The molecule has 0 saturated carbocycles. The Balaban J connectivity index is 2.26. The van der Waals surface area contributed by atoms with Crippen LogP contribution in [0.5, 0.6) is 5.75 Å². The number of amides is 2. The van der Waals surface area contributed by atoms with Crippen molar-refractivity contribution in [2.24, 2.45) is 5.73 Å². The number of carbonyl (C=O) groups excluding carboxylic acids is 2. The summed E-state index contributed by atoms with van der Waals surface area (Å²) in [6.45, 7) is 1.18. The molecule has 0 bridgehead atoms. The number of hydrogen-bond acceptors (Lipinski definition) is 5. The molecule has 0 radical (unpaired) electrons. The van der Waals surface area contributed by atoms with E-state index in [0.717, 1.165) is 0 Å². The highest BCUT2D eigenvalue weighted by atomic mass is 16.6. The summed E-state index contributed by atoms with van der Waals surface area (Å²) < 4.78 is 5.21. The topological polar surface area (TPSA) is 125 Å². The monoisotopic (exact) mass is 329 g/mol. The normalized spacial score (nSPS) is 10.0. The number of ether oxygens (including phenoxy) is 1. The van der Waals surface area contributed by atoms with E-state index in [2.05, 4.69) is 5.32 Å². The fourth-order valence-electron chi connectivity index (χ4n) is 2.08. The summed E-state index contributed by atoms with van der Waals surface area (Å²) in [7, 11) is 0. The molecule has 0 unspecified atom stereocenters. The van der Waals surface area contributed by atoms with Gasteiger partial charge in [-0.15, -0.1) is 0 Å². The fourth-order valence-corrected chi connectivity index (χ4v) is 2.08. The number of carbonyl (C=O) groups is 2. The van der Waals surface area contributed by atoms with E-state index in [4.69, 9.17) is 10.5 Å². The zero-order valence-electron chi connectivity index (χ0n) is 12.8. The maximum atomic E-state index is 12.4. The van der Waals surface area contributed by atoms with Gasteiger partial charge in [0.05, 0.1) is 21.7 Å². The highest BCUT2D eigenvalue weighted by Crippen LogP contribution is 2.26. The smallest absolute Gasteiger partial charge is 0.274 e. The van der Waals surface area contributed by atoms with Gasteiger partial charge in [0.1, 0.15) is 5.75 Å². The molecule has 0 aliphatic carbocycles. The third-order valence-corrected chi connectivity index (χ3v) is 3.25. The van der Waals surface area contributed by atoms with Gasteiger partial charge in [0, 0.05) is 6.07 Å². The molecule has 0 aliphatic rings. The molecule has 8 heteroatoms. The summed E-state index contributed by atoms with van der Waals surface area (Å²) in [6, 6.07) is 10.7. The molecule has 8 nitrogen and oxygen atoms in total. The summed E-state index contributed by atoms with van der Waals surface area (Å²) >= 11 is 0. The molecule has 0 fully saturated rings. The second-order valence-electron chi connectivity index (χ2n) is 4.91. The predicted octanol–water partition coefficient (Wildman–Crippen LogP) is 2.02. The van der Waals surface area contributed by atoms with E-state index in [-0.39, 0.29) is 23.6 Å². The van der Waals surface area contributed by atoms with Crippen molar-refractivity contribution in [1.29, 1.82) is 0 Å². The summed E-state index contributed by atoms with van der Waals surface area (Å²) in [6.07, 6.45) is 0. The van der Waals surface area contributed by atoms with Gasteiger partial charge in [0.15, 0.2) is 6.61 Å². The molecule has 0 aliphatic heterocycles. The molecular formula is C16H15N3O5. The van der Waals surface area contributed by atoms with E-state index < -0.39 is 16.7 Å². The van der Waals surface area contributed by atoms with Crippen LogP contribution in [0.3, 0.4) is 0 Å². The van der Waals surface area contributed by atoms with Crippen molar-refractivity contribution in [3.05, 3.63) is 63.7 Å². The molecule has 124 valence electrons. The summed E-state index contributed by atoms with van der Waals surface area (Å²) in [4.78, 5) is 33.7. The summed E-state index contributed by atoms with van der Waals surface area (Å²) in [5, 5.41) is 13.6. The first-order valence-corrected chi connectivity index (χ1v) is 6.95. The Morgan fingerprint density at radius 3 is 2.58 bits per heavy atom. The lowest BCUT2D eigenvalue weighted by Crippen LogP contribution is -2.21. The maximum Gasteiger partial charge on any atom is 0.274 e. The van der Waals surface area contributed by atoms with E-state index >= 15 is 0 Å². The Bertz CT molecular complexity index is 804. The number of para-hydroxylation sites is 1. The first-order valence-electron chi connectivity index (χ1n) is 6.95. The third-order valence-electron chi connectivity index (χ3n) is 3.25. The minimum Gasteiger partial charge on any atom is -0.483 e. The highest BCUT2D eigenvalue weighted by Gasteiger charge is 2.17. The molecule has 0 saturated heterocycles. The van der Waals surface area contributed by atoms with Gasteiger partial charge in [-0.2, -0.15) is 0 Å². The fraction of sp³-hybridized carbons (Fsp3) is 0.125. The number of nitrogens with zero attached hydrogens (tertiary/aromatic N) is 1. The molecule has 0 aromatic heterocycles. The first kappa shape index (κ1) is 16.9. The predicted molar refractivity (Wildman–Crippen MR) is 86.9 cm³/mol. The standard InChI is InChI=1S/C16H15N3O5/c1-10-12(6-4-7-13(10)19(22)23)18-16(21)11-5-2-3-8-14(11)24-9-15(17)20/h2-8H,9H2,1H3,(H2,17,20)(H,18,21). The SMILES string of the molecule is Cc1c(NC(=O)c2ccccc2OCC(N)=O)cccc1[N+](=O)[O-]. The van der Waals surface area contributed by atoms with Crippen molar-refractivity contribution in [3.63, 3.8) is 0 Å². The van der Waals surface area contributed by atoms with Crippen molar-refractivity contribution in [3.8, 4) is 5.75 Å². The van der Waals surface area contributed by atoms with E-state index in [1.165, 1.54) is 24.3 Å². The van der Waals surface area contributed by atoms with Crippen molar-refractivity contribution < 1.29 is 19.2 Å². The number of hydrogen-bond donors (Lipinski definition) is 2. The molecule has 0 atom stereocenters. The largest absolute Gasteiger partial charge is 0.483 e. The quantitative estimate of drug-likeness (QED) is 0.619. The molecule has 24 heavy (non-hydrogen) atoms. The molecule has 0 spiro atoms. The molecule has 2 aromatic carbocycles. The number of benzene rings is 2. The van der Waals surface area contributed by atoms with Gasteiger partial charge in [-0.25, -0.2) is 0 Å². The minimum absolute atomic E-state index is 0.0916. The van der Waals surface area contributed by atoms with Gasteiger partial charge in [-0.3, -0.25) is 19.7 Å². The van der Waals surface area contributed by atoms with Crippen LogP contribution in [0.2, 0.25) is 0 Å². The lowest BCUT2D eigenvalue weighted by atomic mass is 10.1. The van der Waals surface area contributed by atoms with Crippen molar-refractivity contribution in [2.75, 3.05) is 11.9 Å². The second-order valence-corrected chi connectivity index (χ2v) is 4.91. The van der Waals surface area contributed by atoms with Crippen molar-refractivity contribution in [2.45, 2.75) is 6.92 Å². The van der Waals surface area contributed by atoms with Crippen LogP contribution >= 0.6 is 0 Å². The van der Waals surface area contributed by atoms with Crippen LogP contribution in [0, 0.1) is 17.0 Å². The number of primary amides is 1. The van der Waals surface area contributed by atoms with Crippen LogP contribution in [0.1, 0.15) is 15.9 Å². The number of nitrogens with one attached hydrogen (secondary N) is 1. The molecule has 2 amide bonds. The van der Waals surface area contributed by atoms with Crippen LogP contribution in [-0.4, -0.2) is 23.3 Å². The number of nitro groups is 1. The number of nitro benzene ring substituents is 1. The number of anilines is 1. The Morgan fingerprint density at radius 1 is 1.21 bits per heavy atom. The van der Waals surface area contributed by atoms with Crippen LogP contribution < -0.4 is 15.8 Å². The lowest BCUT2D eigenvalue weighted by molar-refractivity contribution is -0.385. The van der Waals surface area contributed by atoms with E-state index in [1.54, 1.807) is 25.1 Å². The van der Waals surface area contributed by atoms with E-state index in [9.17, 15) is 19.7 Å². The molecule has 2 rings (SSSR count). The highest BCUT2D eigenvalue weighted by molar-refractivity contribution is 6.06. The average molecular weight is 329 g/mol.